The molecule has 0 atom stereocenters. The number of amides is 1. The summed E-state index contributed by atoms with van der Waals surface area (Å²) in [5.41, 5.74) is 9.57. The molecule has 2 aromatic carbocycles. The number of hydrogen-bond donors (Lipinski definition) is 2. The first-order valence-corrected chi connectivity index (χ1v) is 5.59. The van der Waals surface area contributed by atoms with Gasteiger partial charge in [-0.05, 0) is 35.9 Å². The highest BCUT2D eigenvalue weighted by Crippen LogP contribution is 2.06. The van der Waals surface area contributed by atoms with Crippen LogP contribution in [-0.4, -0.2) is 12.1 Å². The Kier molecular flexibility index (Phi) is 3.87. The smallest absolute Gasteiger partial charge is 0.271 e. The largest absolute Gasteiger partial charge is 0.399 e. The molecule has 1 amide bonds. The minimum atomic E-state index is -0.356. The van der Waals surface area contributed by atoms with Crippen LogP contribution in [0.4, 0.5) is 10.1 Å². The van der Waals surface area contributed by atoms with E-state index in [9.17, 15) is 9.18 Å². The van der Waals surface area contributed by atoms with Crippen LogP contribution in [0.1, 0.15) is 15.9 Å². The van der Waals surface area contributed by atoms with Crippen molar-refractivity contribution in [2.75, 3.05) is 5.73 Å². The van der Waals surface area contributed by atoms with Crippen LogP contribution >= 0.6 is 0 Å². The molecule has 0 heterocycles. The Labute approximate surface area is 109 Å². The number of halogens is 1. The molecule has 19 heavy (non-hydrogen) atoms. The maximum Gasteiger partial charge on any atom is 0.271 e. The number of hydrogen-bond acceptors (Lipinski definition) is 3. The second kappa shape index (κ2) is 5.77. The zero-order valence-corrected chi connectivity index (χ0v) is 10.0. The Morgan fingerprint density at radius 3 is 2.63 bits per heavy atom. The first-order chi connectivity index (χ1) is 9.15. The van der Waals surface area contributed by atoms with Gasteiger partial charge in [0.05, 0.1) is 6.21 Å². The molecule has 0 spiro atoms. The van der Waals surface area contributed by atoms with Gasteiger partial charge < -0.3 is 5.73 Å². The van der Waals surface area contributed by atoms with Gasteiger partial charge in [-0.25, -0.2) is 9.82 Å². The summed E-state index contributed by atoms with van der Waals surface area (Å²) in [6, 6.07) is 12.3. The van der Waals surface area contributed by atoms with E-state index in [1.165, 1.54) is 18.3 Å². The second-order valence-electron chi connectivity index (χ2n) is 3.88. The van der Waals surface area contributed by atoms with Crippen molar-refractivity contribution in [1.29, 1.82) is 0 Å². The van der Waals surface area contributed by atoms with Crippen molar-refractivity contribution in [1.82, 2.24) is 5.43 Å². The van der Waals surface area contributed by atoms with Crippen LogP contribution in [0, 0.1) is 5.82 Å². The molecule has 0 fully saturated rings. The van der Waals surface area contributed by atoms with Crippen LogP contribution in [0.2, 0.25) is 0 Å². The van der Waals surface area contributed by atoms with E-state index < -0.39 is 0 Å². The molecule has 0 aliphatic carbocycles. The summed E-state index contributed by atoms with van der Waals surface area (Å²) in [7, 11) is 0. The number of nitrogens with two attached hydrogens (primary N) is 1. The van der Waals surface area contributed by atoms with Gasteiger partial charge in [0.1, 0.15) is 5.82 Å². The Morgan fingerprint density at radius 1 is 1.21 bits per heavy atom. The van der Waals surface area contributed by atoms with Crippen molar-refractivity contribution in [3.8, 4) is 0 Å². The number of carbonyl (C=O) groups excluding carboxylic acids is 1. The molecule has 0 bridgehead atoms. The van der Waals surface area contributed by atoms with Crippen LogP contribution in [0.5, 0.6) is 0 Å². The summed E-state index contributed by atoms with van der Waals surface area (Å²) in [5, 5.41) is 3.79. The highest BCUT2D eigenvalue weighted by Gasteiger charge is 2.03. The molecule has 0 saturated heterocycles. The molecule has 2 rings (SSSR count). The molecule has 4 nitrogen and oxygen atoms in total. The van der Waals surface area contributed by atoms with Crippen molar-refractivity contribution in [2.45, 2.75) is 0 Å². The lowest BCUT2D eigenvalue weighted by Crippen LogP contribution is -2.17. The molecule has 0 unspecified atom stereocenters. The maximum absolute atomic E-state index is 12.7. The third kappa shape index (κ3) is 3.64. The summed E-state index contributed by atoms with van der Waals surface area (Å²) in [5.74, 6) is -0.674. The Morgan fingerprint density at radius 2 is 1.95 bits per heavy atom. The number of anilines is 1. The predicted molar refractivity (Wildman–Crippen MR) is 72.3 cm³/mol. The summed E-state index contributed by atoms with van der Waals surface area (Å²) < 4.78 is 12.7. The van der Waals surface area contributed by atoms with Gasteiger partial charge >= 0.3 is 0 Å². The molecule has 0 aliphatic rings. The summed E-state index contributed by atoms with van der Waals surface area (Å²) in [4.78, 5) is 11.7. The molecule has 3 N–H and O–H groups in total. The molecule has 0 saturated carbocycles. The van der Waals surface area contributed by atoms with Crippen LogP contribution in [0.15, 0.2) is 53.6 Å². The normalized spacial score (nSPS) is 10.6. The summed E-state index contributed by atoms with van der Waals surface area (Å²) >= 11 is 0. The van der Waals surface area contributed by atoms with Crippen molar-refractivity contribution in [3.63, 3.8) is 0 Å². The minimum Gasteiger partial charge on any atom is -0.399 e. The van der Waals surface area contributed by atoms with Crippen molar-refractivity contribution >= 4 is 17.8 Å². The first-order valence-electron chi connectivity index (χ1n) is 5.59. The lowest BCUT2D eigenvalue weighted by atomic mass is 10.2. The van der Waals surface area contributed by atoms with Gasteiger partial charge in [0.25, 0.3) is 5.91 Å². The molecular weight excluding hydrogens is 245 g/mol. The van der Waals surface area contributed by atoms with E-state index in [0.29, 0.717) is 16.8 Å². The Bertz CT molecular complexity index is 608. The van der Waals surface area contributed by atoms with Crippen molar-refractivity contribution in [2.24, 2.45) is 5.10 Å². The van der Waals surface area contributed by atoms with Crippen molar-refractivity contribution in [3.05, 3.63) is 65.5 Å². The van der Waals surface area contributed by atoms with Gasteiger partial charge in [0.2, 0.25) is 0 Å². The number of nitrogen functional groups attached to an aromatic ring is 1. The van der Waals surface area contributed by atoms with Gasteiger partial charge in [-0.2, -0.15) is 5.10 Å². The SMILES string of the molecule is Nc1cccc(C(=O)NN=Cc2ccc(F)cc2)c1. The van der Waals surface area contributed by atoms with E-state index >= 15 is 0 Å². The number of carbonyl (C=O) groups is 1. The third-order valence-corrected chi connectivity index (χ3v) is 2.40. The first kappa shape index (κ1) is 12.8. The minimum absolute atomic E-state index is 0.319. The highest BCUT2D eigenvalue weighted by atomic mass is 19.1. The molecule has 0 radical (unpaired) electrons. The lowest BCUT2D eigenvalue weighted by Gasteiger charge is -2.00. The quantitative estimate of drug-likeness (QED) is 0.502. The van der Waals surface area contributed by atoms with E-state index in [2.05, 4.69) is 10.5 Å². The van der Waals surface area contributed by atoms with Crippen molar-refractivity contribution < 1.29 is 9.18 Å². The summed E-state index contributed by atoms with van der Waals surface area (Å²) in [6.45, 7) is 0. The zero-order valence-electron chi connectivity index (χ0n) is 10.0. The van der Waals surface area contributed by atoms with Gasteiger partial charge in [0.15, 0.2) is 0 Å². The van der Waals surface area contributed by atoms with Crippen LogP contribution in [-0.2, 0) is 0 Å². The number of nitrogens with zero attached hydrogens (tertiary/aromatic N) is 1. The van der Waals surface area contributed by atoms with E-state index in [0.717, 1.165) is 0 Å². The Hall–Kier alpha value is -2.69. The summed E-state index contributed by atoms with van der Waals surface area (Å²) in [6.07, 6.45) is 1.43. The fourth-order valence-electron chi connectivity index (χ4n) is 1.46. The van der Waals surface area contributed by atoms with Crippen LogP contribution in [0.3, 0.4) is 0 Å². The fraction of sp³-hybridized carbons (Fsp3) is 0. The number of nitrogens with one attached hydrogen (secondary N) is 1. The topological polar surface area (TPSA) is 67.5 Å². The highest BCUT2D eigenvalue weighted by molar-refractivity contribution is 5.95. The molecule has 2 aromatic rings. The number of benzene rings is 2. The molecular formula is C14H12FN3O. The molecule has 96 valence electrons. The van der Waals surface area contributed by atoms with Crippen LogP contribution < -0.4 is 11.2 Å². The third-order valence-electron chi connectivity index (χ3n) is 2.40. The van der Waals surface area contributed by atoms with Gasteiger partial charge in [0, 0.05) is 11.3 Å². The average Bonchev–Trinajstić information content (AvgIpc) is 2.41. The monoisotopic (exact) mass is 257 g/mol. The molecule has 0 aliphatic heterocycles. The van der Waals surface area contributed by atoms with Crippen LogP contribution in [0.25, 0.3) is 0 Å². The van der Waals surface area contributed by atoms with E-state index in [1.54, 1.807) is 36.4 Å². The van der Waals surface area contributed by atoms with Gasteiger partial charge in [-0.3, -0.25) is 4.79 Å². The predicted octanol–water partition coefficient (Wildman–Crippen LogP) is 2.17. The standard InChI is InChI=1S/C14H12FN3O/c15-12-6-4-10(5-7-12)9-17-18-14(19)11-2-1-3-13(16)8-11/h1-9H,16H2,(H,18,19). The lowest BCUT2D eigenvalue weighted by molar-refractivity contribution is 0.0955. The van der Waals surface area contributed by atoms with Gasteiger partial charge in [-0.15, -0.1) is 0 Å². The number of hydrazone groups is 1. The Balaban J connectivity index is 1.98. The zero-order chi connectivity index (χ0) is 13.7. The van der Waals surface area contributed by atoms with E-state index in [1.807, 2.05) is 0 Å². The van der Waals surface area contributed by atoms with Gasteiger partial charge in [-0.1, -0.05) is 18.2 Å². The van der Waals surface area contributed by atoms with E-state index in [4.69, 9.17) is 5.73 Å². The molecule has 5 heteroatoms. The second-order valence-corrected chi connectivity index (χ2v) is 3.88. The average molecular weight is 257 g/mol. The fourth-order valence-corrected chi connectivity index (χ4v) is 1.46. The number of rotatable bonds is 3. The van der Waals surface area contributed by atoms with E-state index in [-0.39, 0.29) is 11.7 Å². The molecule has 0 aromatic heterocycles. The maximum atomic E-state index is 12.7.